The lowest BCUT2D eigenvalue weighted by Gasteiger charge is -2.35. The molecule has 0 spiro atoms. The number of para-hydroxylation sites is 2. The molecule has 0 aliphatic heterocycles. The quantitative estimate of drug-likeness (QED) is 0.503. The van der Waals surface area contributed by atoms with E-state index >= 15 is 0 Å². The third-order valence-corrected chi connectivity index (χ3v) is 5.43. The van der Waals surface area contributed by atoms with Crippen LogP contribution in [0, 0.1) is 5.41 Å². The van der Waals surface area contributed by atoms with Gasteiger partial charge in [-0.25, -0.2) is 4.79 Å². The van der Waals surface area contributed by atoms with E-state index in [1.54, 1.807) is 69.3 Å². The Balaban J connectivity index is 1.91. The molecule has 0 bridgehead atoms. The lowest BCUT2D eigenvalue weighted by molar-refractivity contribution is -0.166. The highest BCUT2D eigenvalue weighted by atomic mass is 16.6. The number of hydrogen-bond donors (Lipinski definition) is 4. The van der Waals surface area contributed by atoms with Gasteiger partial charge >= 0.3 is 18.0 Å². The van der Waals surface area contributed by atoms with Crippen molar-refractivity contribution < 1.29 is 34.1 Å². The summed E-state index contributed by atoms with van der Waals surface area (Å²) in [6, 6.07) is 13.2. The van der Waals surface area contributed by atoms with Gasteiger partial charge in [-0.3, -0.25) is 19.7 Å². The number of carboxylic acid groups (broad SMARTS) is 2. The predicted octanol–water partition coefficient (Wildman–Crippen LogP) is 3.86. The van der Waals surface area contributed by atoms with E-state index < -0.39 is 47.3 Å². The van der Waals surface area contributed by atoms with Crippen LogP contribution >= 0.6 is 0 Å². The van der Waals surface area contributed by atoms with E-state index in [2.05, 4.69) is 10.6 Å². The van der Waals surface area contributed by atoms with Gasteiger partial charge in [0.05, 0.1) is 17.3 Å². The van der Waals surface area contributed by atoms with Crippen LogP contribution in [0.5, 0.6) is 0 Å². The summed E-state index contributed by atoms with van der Waals surface area (Å²) in [6.07, 6.45) is -1.32. The third-order valence-electron chi connectivity index (χ3n) is 5.43. The van der Waals surface area contributed by atoms with Crippen molar-refractivity contribution in [3.05, 3.63) is 59.7 Å². The number of hydrogen-bond acceptors (Lipinski definition) is 5. The number of carbonyl (C=O) groups is 4. The molecule has 1 atom stereocenters. The Morgan fingerprint density at radius 1 is 0.909 bits per heavy atom. The maximum Gasteiger partial charge on any atom is 0.412 e. The van der Waals surface area contributed by atoms with E-state index in [0.717, 1.165) is 0 Å². The molecular weight excluding hydrogens is 428 g/mol. The molecule has 0 saturated heterocycles. The van der Waals surface area contributed by atoms with Gasteiger partial charge in [0.1, 0.15) is 5.60 Å². The largest absolute Gasteiger partial charge is 0.480 e. The van der Waals surface area contributed by atoms with E-state index in [9.17, 15) is 29.4 Å². The number of fused-ring (bicyclic) bond motifs is 1. The number of nitrogens with one attached hydrogen (secondary N) is 2. The molecule has 33 heavy (non-hydrogen) atoms. The van der Waals surface area contributed by atoms with Crippen LogP contribution in [0.1, 0.15) is 44.2 Å². The molecule has 0 heterocycles. The topological polar surface area (TPSA) is 142 Å². The Hall–Kier alpha value is -3.88. The molecule has 0 fully saturated rings. The number of benzene rings is 2. The Morgan fingerprint density at radius 2 is 1.45 bits per heavy atom. The van der Waals surface area contributed by atoms with Crippen molar-refractivity contribution in [1.82, 2.24) is 0 Å². The van der Waals surface area contributed by atoms with Gasteiger partial charge in [0.15, 0.2) is 5.41 Å². The van der Waals surface area contributed by atoms with Crippen LogP contribution in [-0.4, -0.2) is 39.8 Å². The van der Waals surface area contributed by atoms with E-state index in [-0.39, 0.29) is 17.8 Å². The highest BCUT2D eigenvalue weighted by molar-refractivity contribution is 6.04. The van der Waals surface area contributed by atoms with Gasteiger partial charge in [-0.1, -0.05) is 36.4 Å². The first-order chi connectivity index (χ1) is 15.4. The van der Waals surface area contributed by atoms with Crippen molar-refractivity contribution in [1.29, 1.82) is 0 Å². The van der Waals surface area contributed by atoms with Crippen molar-refractivity contribution in [2.45, 2.75) is 45.1 Å². The second-order valence-electron chi connectivity index (χ2n) is 8.99. The van der Waals surface area contributed by atoms with Crippen LogP contribution in [-0.2, 0) is 25.5 Å². The van der Waals surface area contributed by atoms with Crippen LogP contribution in [0.15, 0.2) is 48.5 Å². The number of aliphatic carboxylic acids is 2. The number of amides is 2. The Bertz CT molecular complexity index is 1090. The van der Waals surface area contributed by atoms with Crippen LogP contribution in [0.25, 0.3) is 0 Å². The highest BCUT2D eigenvalue weighted by Crippen LogP contribution is 2.43. The van der Waals surface area contributed by atoms with Crippen LogP contribution < -0.4 is 10.6 Å². The molecule has 1 unspecified atom stereocenters. The van der Waals surface area contributed by atoms with Gasteiger partial charge in [-0.15, -0.1) is 0 Å². The minimum absolute atomic E-state index is 0.214. The smallest absolute Gasteiger partial charge is 0.412 e. The summed E-state index contributed by atoms with van der Waals surface area (Å²) in [7, 11) is 0. The van der Waals surface area contributed by atoms with Crippen molar-refractivity contribution in [2.24, 2.45) is 5.41 Å². The van der Waals surface area contributed by atoms with Crippen molar-refractivity contribution in [3.63, 3.8) is 0 Å². The molecule has 9 heteroatoms. The van der Waals surface area contributed by atoms with Gasteiger partial charge in [-0.05, 0) is 56.9 Å². The van der Waals surface area contributed by atoms with Crippen LogP contribution in [0.2, 0.25) is 0 Å². The summed E-state index contributed by atoms with van der Waals surface area (Å²) in [4.78, 5) is 49.4. The molecule has 9 nitrogen and oxygen atoms in total. The number of ether oxygens (including phenoxy) is 1. The molecule has 4 N–H and O–H groups in total. The molecule has 0 radical (unpaired) electrons. The fourth-order valence-electron chi connectivity index (χ4n) is 3.88. The summed E-state index contributed by atoms with van der Waals surface area (Å²) < 4.78 is 5.25. The van der Waals surface area contributed by atoms with E-state index in [4.69, 9.17) is 4.74 Å². The second kappa shape index (κ2) is 8.93. The van der Waals surface area contributed by atoms with Crippen LogP contribution in [0.3, 0.4) is 0 Å². The lowest BCUT2D eigenvalue weighted by Crippen LogP contribution is -2.47. The standard InChI is InChI=1S/C24H26N2O7/c1-23(2,3)33-22(32)26-18-11-7-6-10-17(18)25-19(27)16-13-24(20(28)29,21(30)31)12-14-8-4-5-9-15(14)16/h4-11,16H,12-13H2,1-3H3,(H,25,27)(H,26,32)(H,28,29)(H,30,31). The zero-order valence-electron chi connectivity index (χ0n) is 18.5. The normalized spacial score (nSPS) is 16.8. The summed E-state index contributed by atoms with van der Waals surface area (Å²) in [5.41, 5.74) is -1.21. The van der Waals surface area contributed by atoms with Gasteiger partial charge in [0, 0.05) is 0 Å². The third kappa shape index (κ3) is 5.14. The summed E-state index contributed by atoms with van der Waals surface area (Å²) >= 11 is 0. The van der Waals surface area contributed by atoms with Gasteiger partial charge in [-0.2, -0.15) is 0 Å². The molecule has 174 valence electrons. The first-order valence-electron chi connectivity index (χ1n) is 10.4. The molecule has 0 aromatic heterocycles. The predicted molar refractivity (Wildman–Crippen MR) is 120 cm³/mol. The van der Waals surface area contributed by atoms with E-state index in [1.807, 2.05) is 0 Å². The van der Waals surface area contributed by atoms with Gasteiger partial charge in [0.25, 0.3) is 0 Å². The molecule has 2 aromatic carbocycles. The molecule has 1 aliphatic carbocycles. The van der Waals surface area contributed by atoms with Crippen molar-refractivity contribution in [3.8, 4) is 0 Å². The van der Waals surface area contributed by atoms with Crippen molar-refractivity contribution >= 4 is 35.3 Å². The van der Waals surface area contributed by atoms with Gasteiger partial charge < -0.3 is 20.3 Å². The molecule has 0 saturated carbocycles. The molecular formula is C24H26N2O7. The zero-order chi connectivity index (χ0) is 24.4. The van der Waals surface area contributed by atoms with Crippen molar-refractivity contribution in [2.75, 3.05) is 10.6 Å². The number of carboxylic acids is 2. The van der Waals surface area contributed by atoms with Crippen LogP contribution in [0.4, 0.5) is 16.2 Å². The van der Waals surface area contributed by atoms with E-state index in [0.29, 0.717) is 11.1 Å². The monoisotopic (exact) mass is 454 g/mol. The number of carbonyl (C=O) groups excluding carboxylic acids is 2. The fourth-order valence-corrected chi connectivity index (χ4v) is 3.88. The summed E-state index contributed by atoms with van der Waals surface area (Å²) in [6.45, 7) is 5.16. The average Bonchev–Trinajstić information content (AvgIpc) is 2.72. The molecule has 2 aromatic rings. The fraction of sp³-hybridized carbons (Fsp3) is 0.333. The van der Waals surface area contributed by atoms with Gasteiger partial charge in [0.2, 0.25) is 5.91 Å². The summed E-state index contributed by atoms with van der Waals surface area (Å²) in [5.74, 6) is -4.58. The first-order valence-corrected chi connectivity index (χ1v) is 10.4. The zero-order valence-corrected chi connectivity index (χ0v) is 18.5. The number of rotatable bonds is 5. The maximum absolute atomic E-state index is 13.3. The molecule has 3 rings (SSSR count). The SMILES string of the molecule is CC(C)(C)OC(=O)Nc1ccccc1NC(=O)C1CC(C(=O)O)(C(=O)O)Cc2ccccc21. The number of anilines is 2. The second-order valence-corrected chi connectivity index (χ2v) is 8.99. The molecule has 1 aliphatic rings. The maximum atomic E-state index is 13.3. The van der Waals surface area contributed by atoms with E-state index in [1.165, 1.54) is 0 Å². The Kier molecular flexibility index (Phi) is 6.44. The minimum Gasteiger partial charge on any atom is -0.480 e. The minimum atomic E-state index is -2.12. The molecule has 2 amide bonds. The lowest BCUT2D eigenvalue weighted by atomic mass is 9.66. The highest BCUT2D eigenvalue weighted by Gasteiger charge is 2.52. The Labute approximate surface area is 190 Å². The first kappa shape index (κ1) is 23.8. The average molecular weight is 454 g/mol. The summed E-state index contributed by atoms with van der Waals surface area (Å²) in [5, 5.41) is 24.8. The Morgan fingerprint density at radius 3 is 2.03 bits per heavy atom.